The molecule has 5 aromatic rings. The van der Waals surface area contributed by atoms with Gasteiger partial charge in [-0.1, -0.05) is 104 Å². The summed E-state index contributed by atoms with van der Waals surface area (Å²) in [5.74, 6) is -1.30. The normalized spacial score (nSPS) is 16.9. The van der Waals surface area contributed by atoms with Gasteiger partial charge in [-0.25, -0.2) is 4.98 Å². The molecule has 11 heteroatoms. The van der Waals surface area contributed by atoms with E-state index < -0.39 is 17.7 Å². The molecule has 0 spiro atoms. The molecule has 218 valence electrons. The van der Waals surface area contributed by atoms with Crippen LogP contribution in [-0.2, 0) is 20.8 Å². The zero-order valence-electron chi connectivity index (χ0n) is 23.9. The Balaban J connectivity index is 1.45. The van der Waals surface area contributed by atoms with Crippen molar-refractivity contribution in [2.75, 3.05) is 4.90 Å². The van der Waals surface area contributed by atoms with Gasteiger partial charge in [0.2, 0.25) is 5.13 Å². The molecule has 1 unspecified atom stereocenters. The first kappa shape index (κ1) is 29.1. The lowest BCUT2D eigenvalue weighted by Gasteiger charge is -2.24. The van der Waals surface area contributed by atoms with Crippen LogP contribution in [0.2, 0.25) is 5.02 Å². The maximum Gasteiger partial charge on any atom is 0.301 e. The second kappa shape index (κ2) is 11.3. The minimum atomic E-state index is -0.919. The van der Waals surface area contributed by atoms with Crippen LogP contribution >= 0.6 is 34.7 Å². The van der Waals surface area contributed by atoms with Crippen molar-refractivity contribution in [3.63, 3.8) is 0 Å². The van der Waals surface area contributed by atoms with Crippen molar-refractivity contribution < 1.29 is 14.7 Å². The van der Waals surface area contributed by atoms with Crippen molar-refractivity contribution in [2.24, 2.45) is 0 Å². The molecule has 0 radical (unpaired) electrons. The van der Waals surface area contributed by atoms with Crippen molar-refractivity contribution in [1.82, 2.24) is 19.6 Å². The number of pyridine rings is 1. The first-order chi connectivity index (χ1) is 20.5. The summed E-state index contributed by atoms with van der Waals surface area (Å²) in [6.07, 6.45) is 1.76. The molecule has 1 N–H and O–H groups in total. The number of aromatic nitrogens is 4. The molecule has 1 saturated heterocycles. The highest BCUT2D eigenvalue weighted by atomic mass is 35.5. The Labute approximate surface area is 262 Å². The Morgan fingerprint density at radius 2 is 1.74 bits per heavy atom. The Morgan fingerprint density at radius 3 is 2.47 bits per heavy atom. The third kappa shape index (κ3) is 5.35. The Hall–Kier alpha value is -3.99. The monoisotopic (exact) mass is 629 g/mol. The van der Waals surface area contributed by atoms with Gasteiger partial charge >= 0.3 is 5.91 Å². The van der Waals surface area contributed by atoms with Gasteiger partial charge in [-0.2, -0.15) is 0 Å². The summed E-state index contributed by atoms with van der Waals surface area (Å²) in [6, 6.07) is 19.9. The molecule has 0 bridgehead atoms. The highest BCUT2D eigenvalue weighted by molar-refractivity contribution is 8.00. The van der Waals surface area contributed by atoms with Crippen LogP contribution < -0.4 is 4.90 Å². The third-order valence-electron chi connectivity index (χ3n) is 7.38. The number of imidazole rings is 1. The number of thioether (sulfide) groups is 1. The number of aliphatic hydroxyl groups excluding tert-OH is 1. The third-order valence-corrected chi connectivity index (χ3v) is 9.85. The summed E-state index contributed by atoms with van der Waals surface area (Å²) < 4.78 is 2.34. The van der Waals surface area contributed by atoms with E-state index in [0.29, 0.717) is 37.7 Å². The van der Waals surface area contributed by atoms with Gasteiger partial charge in [0.25, 0.3) is 5.78 Å². The molecule has 43 heavy (non-hydrogen) atoms. The number of hydrogen-bond acceptors (Lipinski definition) is 8. The minimum absolute atomic E-state index is 0.0252. The van der Waals surface area contributed by atoms with Crippen LogP contribution in [0.5, 0.6) is 0 Å². The number of aryl methyl sites for hydroxylation is 1. The van der Waals surface area contributed by atoms with Crippen LogP contribution in [0.3, 0.4) is 0 Å². The van der Waals surface area contributed by atoms with E-state index in [1.54, 1.807) is 17.5 Å². The van der Waals surface area contributed by atoms with Gasteiger partial charge in [-0.05, 0) is 47.2 Å². The number of nitrogens with zero attached hydrogens (tertiary/aromatic N) is 5. The predicted octanol–water partition coefficient (Wildman–Crippen LogP) is 7.36. The molecule has 8 nitrogen and oxygen atoms in total. The molecule has 2 aromatic carbocycles. The molecule has 6 rings (SSSR count). The quantitative estimate of drug-likeness (QED) is 0.0688. The largest absolute Gasteiger partial charge is 0.505 e. The highest BCUT2D eigenvalue weighted by Crippen LogP contribution is 2.45. The maximum absolute atomic E-state index is 13.7. The fourth-order valence-electron chi connectivity index (χ4n) is 5.15. The van der Waals surface area contributed by atoms with Crippen LogP contribution in [0, 0.1) is 6.92 Å². The number of Topliss-reactive ketones (excluding diaryl/α,β-unsaturated/α-hetero) is 1. The van der Waals surface area contributed by atoms with E-state index in [4.69, 9.17) is 11.6 Å². The fourth-order valence-corrected chi connectivity index (χ4v) is 7.30. The molecule has 1 atom stereocenters. The van der Waals surface area contributed by atoms with Crippen LogP contribution in [-0.4, -0.2) is 36.4 Å². The van der Waals surface area contributed by atoms with Crippen LogP contribution in [0.1, 0.15) is 54.9 Å². The molecule has 1 fully saturated rings. The fraction of sp³-hybridized carbons (Fsp3) is 0.219. The number of rotatable bonds is 6. The second-order valence-electron chi connectivity index (χ2n) is 11.2. The predicted molar refractivity (Wildman–Crippen MR) is 171 cm³/mol. The standard InChI is InChI=1S/C32H28ClN5O3S2/c1-18-25(37-16-8-7-11-23(37)34-18)27(39)24-26(19-12-14-21(15-13-19)32(2,3)4)38(29(41)28(24)40)30-35-36-31(43-30)42-17-20-9-5-6-10-22(20)33/h5-16,26,39H,17H2,1-4H3/b27-24+. The van der Waals surface area contributed by atoms with Gasteiger partial charge in [0.15, 0.2) is 10.1 Å². The van der Waals surface area contributed by atoms with Gasteiger partial charge < -0.3 is 5.11 Å². The second-order valence-corrected chi connectivity index (χ2v) is 13.8. The van der Waals surface area contributed by atoms with Gasteiger partial charge in [0, 0.05) is 17.0 Å². The van der Waals surface area contributed by atoms with Crippen LogP contribution in [0.25, 0.3) is 11.4 Å². The first-order valence-corrected chi connectivity index (χ1v) is 15.8. The highest BCUT2D eigenvalue weighted by Gasteiger charge is 2.49. The lowest BCUT2D eigenvalue weighted by molar-refractivity contribution is -0.132. The number of anilines is 1. The molecule has 4 heterocycles. The smallest absolute Gasteiger partial charge is 0.301 e. The Kier molecular flexibility index (Phi) is 7.62. The van der Waals surface area contributed by atoms with Crippen molar-refractivity contribution in [3.8, 4) is 0 Å². The minimum Gasteiger partial charge on any atom is -0.505 e. The number of halogens is 1. The van der Waals surface area contributed by atoms with E-state index in [0.717, 1.165) is 11.1 Å². The summed E-state index contributed by atoms with van der Waals surface area (Å²) in [7, 11) is 0. The molecular weight excluding hydrogens is 602 g/mol. The molecule has 1 aliphatic heterocycles. The van der Waals surface area contributed by atoms with E-state index >= 15 is 0 Å². The lowest BCUT2D eigenvalue weighted by Crippen LogP contribution is -2.29. The number of aliphatic hydroxyl groups is 1. The number of carbonyl (C=O) groups excluding carboxylic acids is 2. The Bertz CT molecular complexity index is 1910. The van der Waals surface area contributed by atoms with Crippen molar-refractivity contribution >= 4 is 62.9 Å². The van der Waals surface area contributed by atoms with Crippen molar-refractivity contribution in [3.05, 3.63) is 112 Å². The van der Waals surface area contributed by atoms with E-state index in [2.05, 4.69) is 36.0 Å². The summed E-state index contributed by atoms with van der Waals surface area (Å²) >= 11 is 8.98. The molecule has 3 aromatic heterocycles. The SMILES string of the molecule is Cc1nc2ccccn2c1/C(O)=C1\C(=O)C(=O)N(c2nnc(SCc3ccccc3Cl)s2)C1c1ccc(C(C)(C)C)cc1. The molecule has 0 aliphatic carbocycles. The van der Waals surface area contributed by atoms with E-state index in [1.807, 2.05) is 66.7 Å². The van der Waals surface area contributed by atoms with E-state index in [-0.39, 0.29) is 21.9 Å². The van der Waals surface area contributed by atoms with E-state index in [9.17, 15) is 14.7 Å². The maximum atomic E-state index is 13.7. The number of amides is 1. The average Bonchev–Trinajstić information content (AvgIpc) is 3.65. The topological polar surface area (TPSA) is 101 Å². The zero-order valence-corrected chi connectivity index (χ0v) is 26.3. The van der Waals surface area contributed by atoms with Crippen LogP contribution in [0.4, 0.5) is 5.13 Å². The van der Waals surface area contributed by atoms with Gasteiger partial charge in [0.05, 0.1) is 17.3 Å². The number of fused-ring (bicyclic) bond motifs is 1. The number of carbonyl (C=O) groups is 2. The first-order valence-electron chi connectivity index (χ1n) is 13.6. The summed E-state index contributed by atoms with van der Waals surface area (Å²) in [4.78, 5) is 33.3. The van der Waals surface area contributed by atoms with Gasteiger partial charge in [-0.15, -0.1) is 10.2 Å². The van der Waals surface area contributed by atoms with Crippen LogP contribution in [0.15, 0.2) is 82.8 Å². The summed E-state index contributed by atoms with van der Waals surface area (Å²) in [6.45, 7) is 8.11. The van der Waals surface area contributed by atoms with Crippen molar-refractivity contribution in [2.45, 2.75) is 49.2 Å². The number of ketones is 1. The number of hydrogen-bond donors (Lipinski definition) is 1. The molecular formula is C32H28ClN5O3S2. The van der Waals surface area contributed by atoms with E-state index in [1.165, 1.54) is 28.0 Å². The van der Waals surface area contributed by atoms with Crippen molar-refractivity contribution in [1.29, 1.82) is 0 Å². The van der Waals surface area contributed by atoms with Gasteiger partial charge in [-0.3, -0.25) is 18.9 Å². The Morgan fingerprint density at radius 1 is 1.02 bits per heavy atom. The molecule has 1 aliphatic rings. The summed E-state index contributed by atoms with van der Waals surface area (Å²) in [5, 5.41) is 21.3. The molecule has 0 saturated carbocycles. The summed E-state index contributed by atoms with van der Waals surface area (Å²) in [5.41, 5.74) is 4.11. The average molecular weight is 630 g/mol. The zero-order chi connectivity index (χ0) is 30.5. The number of benzene rings is 2. The van der Waals surface area contributed by atoms with Gasteiger partial charge in [0.1, 0.15) is 11.3 Å². The molecule has 1 amide bonds. The lowest BCUT2D eigenvalue weighted by atomic mass is 9.85.